The van der Waals surface area contributed by atoms with Gasteiger partial charge in [0.25, 0.3) is 0 Å². The maximum atomic E-state index is 4.60. The van der Waals surface area contributed by atoms with E-state index in [0.717, 1.165) is 18.9 Å². The van der Waals surface area contributed by atoms with Crippen LogP contribution >= 0.6 is 11.3 Å². The number of thiophene rings is 1. The molecule has 0 amide bonds. The molecule has 0 aliphatic heterocycles. The molecule has 0 N–H and O–H groups in total. The van der Waals surface area contributed by atoms with Gasteiger partial charge in [0.15, 0.2) is 0 Å². The lowest BCUT2D eigenvalue weighted by Crippen LogP contribution is -2.23. The molecule has 2 aromatic heterocycles. The van der Waals surface area contributed by atoms with Crippen molar-refractivity contribution in [2.45, 2.75) is 26.9 Å². The number of aryl methyl sites for hydroxylation is 2. The highest BCUT2D eigenvalue weighted by atomic mass is 32.1. The van der Waals surface area contributed by atoms with Crippen LogP contribution in [-0.4, -0.2) is 4.98 Å². The van der Waals surface area contributed by atoms with Crippen molar-refractivity contribution in [2.75, 3.05) is 4.90 Å². The minimum absolute atomic E-state index is 0.871. The van der Waals surface area contributed by atoms with Crippen molar-refractivity contribution in [1.82, 2.24) is 4.98 Å². The number of nitrogens with zero attached hydrogens (tertiary/aromatic N) is 2. The van der Waals surface area contributed by atoms with Gasteiger partial charge in [-0.15, -0.1) is 11.3 Å². The van der Waals surface area contributed by atoms with Crippen LogP contribution in [0.15, 0.2) is 60.1 Å². The second-order valence-corrected chi connectivity index (χ2v) is 6.60. The maximum Gasteiger partial charge on any atom is 0.132 e. The fourth-order valence-electron chi connectivity index (χ4n) is 2.52. The highest BCUT2D eigenvalue weighted by Gasteiger charge is 2.12. The molecule has 0 unspecified atom stereocenters. The van der Waals surface area contributed by atoms with Crippen LogP contribution in [0.5, 0.6) is 0 Å². The van der Waals surface area contributed by atoms with E-state index in [0.29, 0.717) is 0 Å². The summed E-state index contributed by atoms with van der Waals surface area (Å²) in [5.74, 6) is 1.07. The summed E-state index contributed by atoms with van der Waals surface area (Å²) in [5, 5.41) is 2.13. The number of aromatic nitrogens is 1. The van der Waals surface area contributed by atoms with Gasteiger partial charge < -0.3 is 4.90 Å². The molecule has 3 aromatic rings. The summed E-state index contributed by atoms with van der Waals surface area (Å²) in [6, 6.07) is 17.2. The van der Waals surface area contributed by atoms with E-state index in [2.05, 4.69) is 71.6 Å². The first kappa shape index (κ1) is 14.8. The summed E-state index contributed by atoms with van der Waals surface area (Å²) in [6.45, 7) is 6.01. The average Bonchev–Trinajstić information content (AvgIpc) is 3.02. The zero-order chi connectivity index (χ0) is 15.4. The predicted octanol–water partition coefficient (Wildman–Crippen LogP) is 4.97. The fraction of sp³-hybridized carbons (Fsp3) is 0.211. The lowest BCUT2D eigenvalue weighted by atomic mass is 10.1. The van der Waals surface area contributed by atoms with E-state index in [1.54, 1.807) is 11.3 Å². The van der Waals surface area contributed by atoms with E-state index >= 15 is 0 Å². The van der Waals surface area contributed by atoms with Crippen LogP contribution in [0.3, 0.4) is 0 Å². The molecule has 2 heterocycles. The molecule has 0 fully saturated rings. The molecule has 1 aromatic carbocycles. The SMILES string of the molecule is Cc1ccc(CN(Cc2cccs2)c2ncccc2C)cc1. The molecule has 0 saturated carbocycles. The quantitative estimate of drug-likeness (QED) is 0.662. The Morgan fingerprint density at radius 2 is 1.77 bits per heavy atom. The largest absolute Gasteiger partial charge is 0.347 e. The van der Waals surface area contributed by atoms with Crippen molar-refractivity contribution in [3.63, 3.8) is 0 Å². The van der Waals surface area contributed by atoms with Crippen molar-refractivity contribution in [2.24, 2.45) is 0 Å². The van der Waals surface area contributed by atoms with Gasteiger partial charge in [0.1, 0.15) is 5.82 Å². The molecule has 0 spiro atoms. The lowest BCUT2D eigenvalue weighted by molar-refractivity contribution is 0.787. The summed E-state index contributed by atoms with van der Waals surface area (Å²) in [5.41, 5.74) is 3.82. The summed E-state index contributed by atoms with van der Waals surface area (Å²) < 4.78 is 0. The van der Waals surface area contributed by atoms with Gasteiger partial charge in [-0.25, -0.2) is 4.98 Å². The molecule has 3 heteroatoms. The van der Waals surface area contributed by atoms with Crippen LogP contribution in [0.1, 0.15) is 21.6 Å². The molecule has 0 bridgehead atoms. The van der Waals surface area contributed by atoms with Gasteiger partial charge >= 0.3 is 0 Å². The Labute approximate surface area is 136 Å². The molecule has 0 aliphatic rings. The lowest BCUT2D eigenvalue weighted by Gasteiger charge is -2.25. The molecule has 2 nitrogen and oxygen atoms in total. The van der Waals surface area contributed by atoms with Gasteiger partial charge in [0.2, 0.25) is 0 Å². The number of rotatable bonds is 5. The minimum atomic E-state index is 0.871. The molecule has 0 radical (unpaired) electrons. The van der Waals surface area contributed by atoms with E-state index in [4.69, 9.17) is 0 Å². The first-order chi connectivity index (χ1) is 10.7. The van der Waals surface area contributed by atoms with Crippen molar-refractivity contribution in [1.29, 1.82) is 0 Å². The second-order valence-electron chi connectivity index (χ2n) is 5.56. The molecule has 0 atom stereocenters. The average molecular weight is 308 g/mol. The number of hydrogen-bond donors (Lipinski definition) is 0. The number of hydrogen-bond acceptors (Lipinski definition) is 3. The summed E-state index contributed by atoms with van der Waals surface area (Å²) in [4.78, 5) is 8.31. The summed E-state index contributed by atoms with van der Waals surface area (Å²) in [6.07, 6.45) is 1.87. The van der Waals surface area contributed by atoms with Gasteiger partial charge in [-0.2, -0.15) is 0 Å². The van der Waals surface area contributed by atoms with E-state index in [9.17, 15) is 0 Å². The Balaban J connectivity index is 1.88. The molecule has 0 saturated heterocycles. The van der Waals surface area contributed by atoms with Crippen molar-refractivity contribution in [3.05, 3.63) is 81.7 Å². The van der Waals surface area contributed by atoms with Gasteiger partial charge in [-0.05, 0) is 42.5 Å². The zero-order valence-corrected chi connectivity index (χ0v) is 13.8. The smallest absolute Gasteiger partial charge is 0.132 e. The molecule has 0 aliphatic carbocycles. The Kier molecular flexibility index (Phi) is 4.54. The summed E-state index contributed by atoms with van der Waals surface area (Å²) >= 11 is 1.80. The topological polar surface area (TPSA) is 16.1 Å². The molecule has 3 rings (SSSR count). The Bertz CT molecular complexity index is 717. The van der Waals surface area contributed by atoms with E-state index < -0.39 is 0 Å². The first-order valence-electron chi connectivity index (χ1n) is 7.47. The van der Waals surface area contributed by atoms with E-state index in [1.165, 1.54) is 21.6 Å². The van der Waals surface area contributed by atoms with Crippen LogP contribution in [0.2, 0.25) is 0 Å². The monoisotopic (exact) mass is 308 g/mol. The third kappa shape index (κ3) is 3.55. The zero-order valence-electron chi connectivity index (χ0n) is 13.0. The third-order valence-corrected chi connectivity index (χ3v) is 4.56. The van der Waals surface area contributed by atoms with Crippen LogP contribution in [0.4, 0.5) is 5.82 Å². The highest BCUT2D eigenvalue weighted by molar-refractivity contribution is 7.09. The third-order valence-electron chi connectivity index (χ3n) is 3.70. The molecular weight excluding hydrogens is 288 g/mol. The normalized spacial score (nSPS) is 10.6. The van der Waals surface area contributed by atoms with Gasteiger partial charge in [-0.1, -0.05) is 42.0 Å². The van der Waals surface area contributed by atoms with Gasteiger partial charge in [-0.3, -0.25) is 0 Å². The van der Waals surface area contributed by atoms with Crippen molar-refractivity contribution < 1.29 is 0 Å². The standard InChI is InChI=1S/C19H20N2S/c1-15-7-9-17(10-8-15)13-21(14-18-6-4-12-22-18)19-16(2)5-3-11-20-19/h3-12H,13-14H2,1-2H3. The van der Waals surface area contributed by atoms with E-state index in [1.807, 2.05) is 12.3 Å². The predicted molar refractivity (Wildman–Crippen MR) is 94.4 cm³/mol. The van der Waals surface area contributed by atoms with E-state index in [-0.39, 0.29) is 0 Å². The molecule has 112 valence electrons. The van der Waals surface area contributed by atoms with Gasteiger partial charge in [0.05, 0.1) is 6.54 Å². The number of anilines is 1. The Morgan fingerprint density at radius 1 is 0.955 bits per heavy atom. The molecule has 22 heavy (non-hydrogen) atoms. The number of benzene rings is 1. The van der Waals surface area contributed by atoms with Crippen molar-refractivity contribution >= 4 is 17.2 Å². The second kappa shape index (κ2) is 6.75. The summed E-state index contributed by atoms with van der Waals surface area (Å²) in [7, 11) is 0. The molecular formula is C19H20N2S. The van der Waals surface area contributed by atoms with Crippen molar-refractivity contribution in [3.8, 4) is 0 Å². The fourth-order valence-corrected chi connectivity index (χ4v) is 3.24. The van der Waals surface area contributed by atoms with Crippen LogP contribution < -0.4 is 4.90 Å². The van der Waals surface area contributed by atoms with Crippen LogP contribution in [-0.2, 0) is 13.1 Å². The first-order valence-corrected chi connectivity index (χ1v) is 8.35. The highest BCUT2D eigenvalue weighted by Crippen LogP contribution is 2.23. The Morgan fingerprint density at radius 3 is 2.45 bits per heavy atom. The Hall–Kier alpha value is -2.13. The van der Waals surface area contributed by atoms with Crippen LogP contribution in [0.25, 0.3) is 0 Å². The van der Waals surface area contributed by atoms with Gasteiger partial charge in [0, 0.05) is 17.6 Å². The minimum Gasteiger partial charge on any atom is -0.347 e. The van der Waals surface area contributed by atoms with Crippen LogP contribution in [0, 0.1) is 13.8 Å². The number of pyridine rings is 1. The maximum absolute atomic E-state index is 4.60.